The molecule has 0 aliphatic carbocycles. The van der Waals surface area contributed by atoms with Crippen molar-refractivity contribution in [3.8, 4) is 0 Å². The van der Waals surface area contributed by atoms with E-state index in [4.69, 9.17) is 0 Å². The highest BCUT2D eigenvalue weighted by Gasteiger charge is 2.02. The minimum atomic E-state index is -0.788. The number of rotatable bonds is 7. The van der Waals surface area contributed by atoms with Gasteiger partial charge in [0, 0.05) is 17.2 Å². The van der Waals surface area contributed by atoms with Gasteiger partial charge in [0.1, 0.15) is 0 Å². The van der Waals surface area contributed by atoms with Crippen LogP contribution in [-0.4, -0.2) is 18.8 Å². The van der Waals surface area contributed by atoms with E-state index < -0.39 is 11.6 Å². The second-order valence-corrected chi connectivity index (χ2v) is 5.53. The lowest BCUT2D eigenvalue weighted by Gasteiger charge is -2.06. The monoisotopic (exact) mass is 259 g/mol. The molecule has 0 spiro atoms. The predicted octanol–water partition coefficient (Wildman–Crippen LogP) is 3.69. The van der Waals surface area contributed by atoms with Gasteiger partial charge in [-0.3, -0.25) is 0 Å². The Hall–Kier alpha value is -0.610. The van der Waals surface area contributed by atoms with Crippen molar-refractivity contribution in [2.24, 2.45) is 5.92 Å². The number of benzene rings is 1. The molecule has 0 saturated heterocycles. The third-order valence-corrected chi connectivity index (χ3v) is 3.33. The molecule has 1 N–H and O–H groups in total. The van der Waals surface area contributed by atoms with E-state index in [-0.39, 0.29) is 0 Å². The highest BCUT2D eigenvalue weighted by atomic mass is 32.2. The summed E-state index contributed by atoms with van der Waals surface area (Å²) in [7, 11) is 0. The van der Waals surface area contributed by atoms with Gasteiger partial charge < -0.3 is 5.32 Å². The Kier molecular flexibility index (Phi) is 6.52. The van der Waals surface area contributed by atoms with E-state index in [1.165, 1.54) is 23.9 Å². The molecule has 0 aliphatic rings. The minimum absolute atomic E-state index is 0.710. The third-order valence-electron chi connectivity index (χ3n) is 2.34. The second-order valence-electron chi connectivity index (χ2n) is 4.36. The van der Waals surface area contributed by atoms with Crippen LogP contribution in [0.2, 0.25) is 0 Å². The molecule has 0 atom stereocenters. The fourth-order valence-electron chi connectivity index (χ4n) is 1.32. The maximum Gasteiger partial charge on any atom is 0.159 e. The number of thioether (sulfide) groups is 1. The molecule has 1 aromatic carbocycles. The molecule has 0 aliphatic heterocycles. The predicted molar refractivity (Wildman–Crippen MR) is 69.4 cm³/mol. The molecule has 0 fully saturated rings. The van der Waals surface area contributed by atoms with E-state index in [2.05, 4.69) is 19.2 Å². The lowest BCUT2D eigenvalue weighted by atomic mass is 10.1. The number of hydrogen-bond acceptors (Lipinski definition) is 2. The molecule has 17 heavy (non-hydrogen) atoms. The van der Waals surface area contributed by atoms with Crippen LogP contribution in [0.4, 0.5) is 8.78 Å². The topological polar surface area (TPSA) is 12.0 Å². The molecule has 0 aromatic heterocycles. The fraction of sp³-hybridized carbons (Fsp3) is 0.538. The molecule has 0 amide bonds. The van der Waals surface area contributed by atoms with Gasteiger partial charge in [-0.25, -0.2) is 8.78 Å². The fourth-order valence-corrected chi connectivity index (χ4v) is 2.16. The van der Waals surface area contributed by atoms with Gasteiger partial charge in [-0.05, 0) is 37.1 Å². The number of halogens is 2. The Morgan fingerprint density at radius 1 is 1.18 bits per heavy atom. The highest BCUT2D eigenvalue weighted by molar-refractivity contribution is 7.99. The van der Waals surface area contributed by atoms with E-state index in [1.54, 1.807) is 6.07 Å². The van der Waals surface area contributed by atoms with Crippen LogP contribution in [0, 0.1) is 17.6 Å². The summed E-state index contributed by atoms with van der Waals surface area (Å²) in [4.78, 5) is 0.773. The Bertz CT molecular complexity index is 342. The molecule has 1 rings (SSSR count). The van der Waals surface area contributed by atoms with E-state index in [0.717, 1.165) is 30.2 Å². The van der Waals surface area contributed by atoms with Crippen molar-refractivity contribution in [2.45, 2.75) is 25.2 Å². The summed E-state index contributed by atoms with van der Waals surface area (Å²) in [6.07, 6.45) is 1.16. The molecule has 0 unspecified atom stereocenters. The van der Waals surface area contributed by atoms with E-state index in [9.17, 15) is 8.78 Å². The molecular formula is C13H19F2NS. The van der Waals surface area contributed by atoms with Gasteiger partial charge in [-0.2, -0.15) is 0 Å². The largest absolute Gasteiger partial charge is 0.316 e. The Morgan fingerprint density at radius 2 is 1.94 bits per heavy atom. The van der Waals surface area contributed by atoms with Crippen LogP contribution in [0.5, 0.6) is 0 Å². The first-order valence-electron chi connectivity index (χ1n) is 5.88. The van der Waals surface area contributed by atoms with E-state index in [1.807, 2.05) is 0 Å². The molecule has 1 nitrogen and oxygen atoms in total. The van der Waals surface area contributed by atoms with Crippen molar-refractivity contribution in [3.63, 3.8) is 0 Å². The molecule has 0 radical (unpaired) electrons. The van der Waals surface area contributed by atoms with Crippen molar-refractivity contribution in [3.05, 3.63) is 29.8 Å². The van der Waals surface area contributed by atoms with Crippen LogP contribution in [0.1, 0.15) is 20.3 Å². The molecule has 0 saturated carbocycles. The standard InChI is InChI=1S/C13H19F2NS/c1-10(2)5-6-16-7-8-17-11-3-4-12(14)13(15)9-11/h3-4,9-10,16H,5-8H2,1-2H3. The Morgan fingerprint density at radius 3 is 2.59 bits per heavy atom. The molecule has 96 valence electrons. The van der Waals surface area contributed by atoms with Gasteiger partial charge >= 0.3 is 0 Å². The Balaban J connectivity index is 2.16. The summed E-state index contributed by atoms with van der Waals surface area (Å²) < 4.78 is 25.6. The summed E-state index contributed by atoms with van der Waals surface area (Å²) in [5.41, 5.74) is 0. The van der Waals surface area contributed by atoms with Crippen molar-refractivity contribution in [1.29, 1.82) is 0 Å². The van der Waals surface area contributed by atoms with Crippen molar-refractivity contribution < 1.29 is 8.78 Å². The zero-order valence-electron chi connectivity index (χ0n) is 10.3. The molecule has 0 bridgehead atoms. The molecule has 1 aromatic rings. The first-order chi connectivity index (χ1) is 8.09. The van der Waals surface area contributed by atoms with Gasteiger partial charge in [0.15, 0.2) is 11.6 Å². The van der Waals surface area contributed by atoms with Crippen LogP contribution in [0.15, 0.2) is 23.1 Å². The number of nitrogens with one attached hydrogen (secondary N) is 1. The first-order valence-corrected chi connectivity index (χ1v) is 6.86. The average Bonchev–Trinajstić information content (AvgIpc) is 2.27. The summed E-state index contributed by atoms with van der Waals surface area (Å²) in [6, 6.07) is 4.02. The van der Waals surface area contributed by atoms with Crippen molar-refractivity contribution in [2.75, 3.05) is 18.8 Å². The van der Waals surface area contributed by atoms with Crippen LogP contribution in [0.25, 0.3) is 0 Å². The quantitative estimate of drug-likeness (QED) is 0.592. The first kappa shape index (κ1) is 14.5. The van der Waals surface area contributed by atoms with Crippen molar-refractivity contribution in [1.82, 2.24) is 5.32 Å². The van der Waals surface area contributed by atoms with E-state index >= 15 is 0 Å². The van der Waals surface area contributed by atoms with Crippen LogP contribution < -0.4 is 5.32 Å². The maximum absolute atomic E-state index is 12.9. The van der Waals surface area contributed by atoms with Crippen LogP contribution in [0.3, 0.4) is 0 Å². The van der Waals surface area contributed by atoms with Gasteiger partial charge in [0.25, 0.3) is 0 Å². The molecule has 4 heteroatoms. The van der Waals surface area contributed by atoms with Crippen molar-refractivity contribution >= 4 is 11.8 Å². The van der Waals surface area contributed by atoms with Gasteiger partial charge in [0.05, 0.1) is 0 Å². The summed E-state index contributed by atoms with van der Waals surface area (Å²) in [5.74, 6) is 0.0110. The summed E-state index contributed by atoms with van der Waals surface area (Å²) >= 11 is 1.53. The minimum Gasteiger partial charge on any atom is -0.316 e. The molecule has 0 heterocycles. The van der Waals surface area contributed by atoms with Gasteiger partial charge in [0.2, 0.25) is 0 Å². The normalized spacial score (nSPS) is 11.1. The van der Waals surface area contributed by atoms with Crippen LogP contribution in [-0.2, 0) is 0 Å². The maximum atomic E-state index is 12.9. The van der Waals surface area contributed by atoms with Gasteiger partial charge in [-0.1, -0.05) is 13.8 Å². The highest BCUT2D eigenvalue weighted by Crippen LogP contribution is 2.19. The zero-order chi connectivity index (χ0) is 12.7. The molecular weight excluding hydrogens is 240 g/mol. The van der Waals surface area contributed by atoms with Gasteiger partial charge in [-0.15, -0.1) is 11.8 Å². The smallest absolute Gasteiger partial charge is 0.159 e. The second kappa shape index (κ2) is 7.67. The summed E-state index contributed by atoms with van der Waals surface area (Å²) in [5, 5.41) is 3.32. The Labute approximate surface area is 106 Å². The zero-order valence-corrected chi connectivity index (χ0v) is 11.1. The van der Waals surface area contributed by atoms with E-state index in [0.29, 0.717) is 5.92 Å². The lowest BCUT2D eigenvalue weighted by molar-refractivity contribution is 0.506. The summed E-state index contributed by atoms with van der Waals surface area (Å²) in [6.45, 7) is 6.28. The third kappa shape index (κ3) is 6.03. The average molecular weight is 259 g/mol. The lowest BCUT2D eigenvalue weighted by Crippen LogP contribution is -2.19. The SMILES string of the molecule is CC(C)CCNCCSc1ccc(F)c(F)c1. The number of hydrogen-bond donors (Lipinski definition) is 1. The van der Waals surface area contributed by atoms with Crippen LogP contribution >= 0.6 is 11.8 Å².